The first kappa shape index (κ1) is 14.5. The van der Waals surface area contributed by atoms with Crippen LogP contribution in [0.1, 0.15) is 10.4 Å². The van der Waals surface area contributed by atoms with E-state index in [1.807, 2.05) is 18.2 Å². The highest BCUT2D eigenvalue weighted by atomic mass is 31.2. The van der Waals surface area contributed by atoms with Gasteiger partial charge in [0.15, 0.2) is 0 Å². The third-order valence-corrected chi connectivity index (χ3v) is 5.45. The molecule has 0 fully saturated rings. The maximum atomic E-state index is 13.0. The molecule has 104 valence electrons. The smallest absolute Gasteiger partial charge is 0.337 e. The minimum absolute atomic E-state index is 0.409. The van der Waals surface area contributed by atoms with Gasteiger partial charge in [0.05, 0.1) is 12.7 Å². The number of hydrogen-bond donors (Lipinski definition) is 0. The summed E-state index contributed by atoms with van der Waals surface area (Å²) in [5.41, 5.74) is 0.409. The van der Waals surface area contributed by atoms with Crippen molar-refractivity contribution in [3.05, 3.63) is 60.2 Å². The molecule has 0 aliphatic rings. The zero-order valence-electron chi connectivity index (χ0n) is 11.3. The highest BCUT2D eigenvalue weighted by Gasteiger charge is 2.27. The van der Waals surface area contributed by atoms with Crippen molar-refractivity contribution in [2.45, 2.75) is 0 Å². The van der Waals surface area contributed by atoms with Crippen LogP contribution in [0.5, 0.6) is 0 Å². The second-order valence-corrected chi connectivity index (χ2v) is 6.61. The Hall–Kier alpha value is -1.90. The van der Waals surface area contributed by atoms with Crippen molar-refractivity contribution in [1.29, 1.82) is 0 Å². The van der Waals surface area contributed by atoms with Crippen LogP contribution < -0.4 is 10.6 Å². The number of carbonyl (C=O) groups excluding carboxylic acids is 1. The van der Waals surface area contributed by atoms with Crippen molar-refractivity contribution >= 4 is 23.9 Å². The minimum Gasteiger partial charge on any atom is -0.465 e. The topological polar surface area (TPSA) is 52.6 Å². The number of esters is 1. The number of rotatable bonds is 4. The van der Waals surface area contributed by atoms with E-state index in [9.17, 15) is 9.36 Å². The Morgan fingerprint density at radius 2 is 1.45 bits per heavy atom. The van der Waals surface area contributed by atoms with Gasteiger partial charge in [-0.1, -0.05) is 18.2 Å². The Kier molecular flexibility index (Phi) is 4.38. The average Bonchev–Trinajstić information content (AvgIpc) is 2.54. The van der Waals surface area contributed by atoms with E-state index in [4.69, 9.17) is 4.52 Å². The van der Waals surface area contributed by atoms with Crippen LogP contribution in [0, 0.1) is 0 Å². The van der Waals surface area contributed by atoms with E-state index in [2.05, 4.69) is 4.74 Å². The Bertz CT molecular complexity index is 635. The van der Waals surface area contributed by atoms with E-state index in [1.165, 1.54) is 14.2 Å². The maximum Gasteiger partial charge on any atom is 0.337 e. The fraction of sp³-hybridized carbons (Fsp3) is 0.133. The summed E-state index contributed by atoms with van der Waals surface area (Å²) in [4.78, 5) is 11.4. The molecule has 0 aliphatic heterocycles. The lowest BCUT2D eigenvalue weighted by atomic mass is 10.2. The molecule has 2 rings (SSSR count). The van der Waals surface area contributed by atoms with E-state index in [-0.39, 0.29) is 0 Å². The quantitative estimate of drug-likeness (QED) is 0.640. The molecule has 0 saturated carbocycles. The summed E-state index contributed by atoms with van der Waals surface area (Å²) < 4.78 is 22.9. The number of methoxy groups -OCH3 is 1. The molecule has 0 spiro atoms. The standard InChI is InChI=1S/C15H15O4P/c1-18-15(16)12-8-10-14(11-9-12)20(17,19-2)13-6-4-3-5-7-13/h3-11H,1-2H3. The molecule has 5 heteroatoms. The molecule has 0 aliphatic carbocycles. The lowest BCUT2D eigenvalue weighted by Gasteiger charge is -2.17. The molecule has 1 atom stereocenters. The van der Waals surface area contributed by atoms with E-state index in [1.54, 1.807) is 36.4 Å². The van der Waals surface area contributed by atoms with Gasteiger partial charge in [-0.05, 0) is 36.4 Å². The molecule has 2 aromatic carbocycles. The Morgan fingerprint density at radius 3 is 1.95 bits per heavy atom. The summed E-state index contributed by atoms with van der Waals surface area (Å²) in [6.45, 7) is 0. The van der Waals surface area contributed by atoms with Crippen LogP contribution >= 0.6 is 7.37 Å². The predicted octanol–water partition coefficient (Wildman–Crippen LogP) is 2.35. The van der Waals surface area contributed by atoms with Crippen molar-refractivity contribution in [2.75, 3.05) is 14.2 Å². The van der Waals surface area contributed by atoms with Gasteiger partial charge in [0.1, 0.15) is 0 Å². The van der Waals surface area contributed by atoms with Gasteiger partial charge in [-0.15, -0.1) is 0 Å². The summed E-state index contributed by atoms with van der Waals surface area (Å²) in [5, 5.41) is 1.16. The van der Waals surface area contributed by atoms with Crippen molar-refractivity contribution in [1.82, 2.24) is 0 Å². The molecule has 2 aromatic rings. The summed E-state index contributed by atoms with van der Waals surface area (Å²) >= 11 is 0. The average molecular weight is 290 g/mol. The second-order valence-electron chi connectivity index (χ2n) is 4.11. The van der Waals surface area contributed by atoms with E-state index in [0.29, 0.717) is 16.2 Å². The zero-order valence-corrected chi connectivity index (χ0v) is 12.2. The van der Waals surface area contributed by atoms with Crippen LogP contribution in [0.4, 0.5) is 0 Å². The third kappa shape index (κ3) is 2.67. The first-order valence-electron chi connectivity index (χ1n) is 6.02. The van der Waals surface area contributed by atoms with Crippen molar-refractivity contribution in [3.8, 4) is 0 Å². The number of carbonyl (C=O) groups is 1. The fourth-order valence-corrected chi connectivity index (χ4v) is 3.72. The van der Waals surface area contributed by atoms with Gasteiger partial charge >= 0.3 is 5.97 Å². The Morgan fingerprint density at radius 1 is 0.900 bits per heavy atom. The molecule has 0 radical (unpaired) electrons. The molecule has 0 saturated heterocycles. The zero-order chi connectivity index (χ0) is 14.6. The molecule has 0 N–H and O–H groups in total. The molecule has 0 bridgehead atoms. The van der Waals surface area contributed by atoms with Crippen molar-refractivity contribution < 1.29 is 18.6 Å². The monoisotopic (exact) mass is 290 g/mol. The van der Waals surface area contributed by atoms with Crippen LogP contribution in [-0.2, 0) is 13.8 Å². The lowest BCUT2D eigenvalue weighted by Crippen LogP contribution is -2.17. The van der Waals surface area contributed by atoms with E-state index in [0.717, 1.165) is 0 Å². The molecule has 4 nitrogen and oxygen atoms in total. The fourth-order valence-electron chi connectivity index (χ4n) is 1.90. The van der Waals surface area contributed by atoms with E-state index >= 15 is 0 Å². The van der Waals surface area contributed by atoms with Gasteiger partial charge in [0.2, 0.25) is 0 Å². The van der Waals surface area contributed by atoms with Crippen LogP contribution in [-0.4, -0.2) is 20.2 Å². The number of benzene rings is 2. The summed E-state index contributed by atoms with van der Waals surface area (Å²) in [7, 11) is -0.377. The van der Waals surface area contributed by atoms with Crippen molar-refractivity contribution in [3.63, 3.8) is 0 Å². The van der Waals surface area contributed by atoms with Crippen LogP contribution in [0.25, 0.3) is 0 Å². The van der Waals surface area contributed by atoms with Crippen LogP contribution in [0.3, 0.4) is 0 Å². The van der Waals surface area contributed by atoms with Gasteiger partial charge in [-0.3, -0.25) is 4.57 Å². The molecule has 0 aromatic heterocycles. The maximum absolute atomic E-state index is 13.0. The summed E-state index contributed by atoms with van der Waals surface area (Å²) in [6.07, 6.45) is 0. The highest BCUT2D eigenvalue weighted by Crippen LogP contribution is 2.43. The Balaban J connectivity index is 2.43. The number of hydrogen-bond acceptors (Lipinski definition) is 4. The second kappa shape index (κ2) is 6.04. The molecular formula is C15H15O4P. The number of ether oxygens (including phenoxy) is 1. The Labute approximate surface area is 117 Å². The summed E-state index contributed by atoms with van der Waals surface area (Å²) in [6, 6.07) is 15.4. The van der Waals surface area contributed by atoms with E-state index < -0.39 is 13.3 Å². The third-order valence-electron chi connectivity index (χ3n) is 2.98. The molecular weight excluding hydrogens is 275 g/mol. The lowest BCUT2D eigenvalue weighted by molar-refractivity contribution is 0.0600. The van der Waals surface area contributed by atoms with Crippen LogP contribution in [0.15, 0.2) is 54.6 Å². The first-order chi connectivity index (χ1) is 9.61. The van der Waals surface area contributed by atoms with Gasteiger partial charge in [-0.2, -0.15) is 0 Å². The first-order valence-corrected chi connectivity index (χ1v) is 7.64. The molecule has 0 amide bonds. The van der Waals surface area contributed by atoms with Gasteiger partial charge in [-0.25, -0.2) is 4.79 Å². The minimum atomic E-state index is -3.12. The molecule has 20 heavy (non-hydrogen) atoms. The van der Waals surface area contributed by atoms with Gasteiger partial charge in [0.25, 0.3) is 7.37 Å². The largest absolute Gasteiger partial charge is 0.465 e. The summed E-state index contributed by atoms with van der Waals surface area (Å²) in [5.74, 6) is -0.427. The predicted molar refractivity (Wildman–Crippen MR) is 78.1 cm³/mol. The molecule has 1 unspecified atom stereocenters. The van der Waals surface area contributed by atoms with Crippen molar-refractivity contribution in [2.24, 2.45) is 0 Å². The normalized spacial score (nSPS) is 13.5. The highest BCUT2D eigenvalue weighted by molar-refractivity contribution is 7.74. The van der Waals surface area contributed by atoms with Gasteiger partial charge in [0, 0.05) is 17.7 Å². The molecule has 0 heterocycles. The van der Waals surface area contributed by atoms with Gasteiger partial charge < -0.3 is 9.26 Å². The van der Waals surface area contributed by atoms with Crippen LogP contribution in [0.2, 0.25) is 0 Å². The SMILES string of the molecule is COC(=O)c1ccc(P(=O)(OC)c2ccccc2)cc1.